The lowest BCUT2D eigenvalue weighted by Crippen LogP contribution is -2.40. The average Bonchev–Trinajstić information content (AvgIpc) is 2.22. The van der Waals surface area contributed by atoms with Gasteiger partial charge in [-0.05, 0) is 12.8 Å². The van der Waals surface area contributed by atoms with Crippen LogP contribution in [0.25, 0.3) is 0 Å². The van der Waals surface area contributed by atoms with Crippen LogP contribution in [0, 0.1) is 0 Å². The van der Waals surface area contributed by atoms with Crippen molar-refractivity contribution in [2.75, 3.05) is 14.2 Å². The summed E-state index contributed by atoms with van der Waals surface area (Å²) in [6.07, 6.45) is 6.15. The first-order chi connectivity index (χ1) is 6.70. The van der Waals surface area contributed by atoms with Crippen LogP contribution in [0.2, 0.25) is 0 Å². The minimum Gasteiger partial charge on any atom is -0.451 e. The van der Waals surface area contributed by atoms with Crippen LogP contribution in [-0.2, 0) is 9.47 Å². The molecule has 4 heteroatoms. The van der Waals surface area contributed by atoms with Gasteiger partial charge in [-0.25, -0.2) is 10.8 Å². The molecule has 0 atom stereocenters. The fourth-order valence-corrected chi connectivity index (χ4v) is 1.16. The number of ether oxygens (including phenoxy) is 2. The van der Waals surface area contributed by atoms with Gasteiger partial charge in [-0.2, -0.15) is 0 Å². The van der Waals surface area contributed by atoms with Gasteiger partial charge < -0.3 is 9.47 Å². The summed E-state index contributed by atoms with van der Waals surface area (Å²) < 4.78 is 9.73. The van der Waals surface area contributed by atoms with Gasteiger partial charge in [-0.3, -0.25) is 0 Å². The predicted octanol–water partition coefficient (Wildman–Crippen LogP) is -1.06. The highest BCUT2D eigenvalue weighted by Gasteiger charge is 2.03. The Kier molecular flexibility index (Phi) is 7.89. The molecule has 0 aliphatic rings. The third-order valence-electron chi connectivity index (χ3n) is 2.12. The monoisotopic (exact) mass is 202 g/mol. The molecule has 0 unspecified atom stereocenters. The van der Waals surface area contributed by atoms with Gasteiger partial charge in [0, 0.05) is 0 Å². The van der Waals surface area contributed by atoms with E-state index in [1.807, 2.05) is 0 Å². The number of unbranched alkanes of at least 4 members (excludes halogenated alkanes) is 3. The summed E-state index contributed by atoms with van der Waals surface area (Å²) >= 11 is 0. The number of hydrogen-bond donors (Lipinski definition) is 2. The Morgan fingerprint density at radius 1 is 0.786 bits per heavy atom. The average molecular weight is 202 g/mol. The van der Waals surface area contributed by atoms with Gasteiger partial charge in [0.15, 0.2) is 0 Å². The molecule has 0 fully saturated rings. The van der Waals surface area contributed by atoms with Crippen molar-refractivity contribution >= 4 is 11.8 Å². The molecule has 0 rings (SSSR count). The summed E-state index contributed by atoms with van der Waals surface area (Å²) in [4.78, 5) is 0. The molecular weight excluding hydrogens is 180 g/mol. The van der Waals surface area contributed by atoms with E-state index in [0.717, 1.165) is 38.5 Å². The Hall–Kier alpha value is -1.06. The fourth-order valence-electron chi connectivity index (χ4n) is 1.16. The van der Waals surface area contributed by atoms with Crippen molar-refractivity contribution in [1.82, 2.24) is 0 Å². The third kappa shape index (κ3) is 7.58. The second-order valence-electron chi connectivity index (χ2n) is 3.26. The lowest BCUT2D eigenvalue weighted by molar-refractivity contribution is -0.141. The summed E-state index contributed by atoms with van der Waals surface area (Å²) in [5.41, 5.74) is 0. The highest BCUT2D eigenvalue weighted by Crippen LogP contribution is 2.05. The molecule has 0 spiro atoms. The van der Waals surface area contributed by atoms with Crippen LogP contribution in [0.1, 0.15) is 38.5 Å². The standard InChI is InChI=1S/C10H20N2O2/c1-13-9(11)7-5-3-4-6-8-10(12)14-2/h11-12H,3-8H2,1-2H3/p+2. The number of nitrogens with two attached hydrogens (primary N) is 2. The number of rotatable bonds is 7. The summed E-state index contributed by atoms with van der Waals surface area (Å²) in [5.74, 6) is 1.24. The second kappa shape index (κ2) is 8.53. The summed E-state index contributed by atoms with van der Waals surface area (Å²) in [6, 6.07) is 0. The van der Waals surface area contributed by atoms with E-state index in [1.54, 1.807) is 14.2 Å². The van der Waals surface area contributed by atoms with Crippen molar-refractivity contribution in [3.63, 3.8) is 0 Å². The molecule has 0 heterocycles. The lowest BCUT2D eigenvalue weighted by Gasteiger charge is -1.99. The number of hydrogen-bond acceptors (Lipinski definition) is 2. The molecule has 4 nitrogen and oxygen atoms in total. The molecule has 0 aromatic heterocycles. The van der Waals surface area contributed by atoms with Gasteiger partial charge in [0.05, 0.1) is 27.1 Å². The van der Waals surface area contributed by atoms with E-state index >= 15 is 0 Å². The van der Waals surface area contributed by atoms with Crippen LogP contribution in [-0.4, -0.2) is 26.0 Å². The Balaban J connectivity index is 3.14. The second-order valence-corrected chi connectivity index (χ2v) is 3.26. The van der Waals surface area contributed by atoms with Crippen LogP contribution in [0.4, 0.5) is 0 Å². The highest BCUT2D eigenvalue weighted by molar-refractivity contribution is 5.69. The van der Waals surface area contributed by atoms with E-state index in [2.05, 4.69) is 0 Å². The molecule has 0 amide bonds. The van der Waals surface area contributed by atoms with E-state index in [9.17, 15) is 0 Å². The zero-order chi connectivity index (χ0) is 10.8. The van der Waals surface area contributed by atoms with Crippen LogP contribution in [0.5, 0.6) is 0 Å². The van der Waals surface area contributed by atoms with Gasteiger partial charge >= 0.3 is 11.8 Å². The van der Waals surface area contributed by atoms with E-state index in [4.69, 9.17) is 20.3 Å². The first kappa shape index (κ1) is 12.9. The third-order valence-corrected chi connectivity index (χ3v) is 2.12. The van der Waals surface area contributed by atoms with Crippen LogP contribution in [0.15, 0.2) is 0 Å². The van der Waals surface area contributed by atoms with Crippen molar-refractivity contribution < 1.29 is 20.3 Å². The highest BCUT2D eigenvalue weighted by atomic mass is 16.5. The van der Waals surface area contributed by atoms with Gasteiger partial charge in [0.1, 0.15) is 0 Å². The van der Waals surface area contributed by atoms with Crippen molar-refractivity contribution in [3.8, 4) is 0 Å². The number of methoxy groups -OCH3 is 2. The normalized spacial score (nSPS) is 9.57. The van der Waals surface area contributed by atoms with Crippen LogP contribution < -0.4 is 10.8 Å². The maximum atomic E-state index is 5.51. The molecule has 14 heavy (non-hydrogen) atoms. The van der Waals surface area contributed by atoms with Gasteiger partial charge in [-0.15, -0.1) is 0 Å². The van der Waals surface area contributed by atoms with Gasteiger partial charge in [-0.1, -0.05) is 12.8 Å². The minimum absolute atomic E-state index is 0.618. The Bertz CT molecular complexity index is 161. The topological polar surface area (TPSA) is 69.6 Å². The minimum atomic E-state index is 0.618. The fraction of sp³-hybridized carbons (Fsp3) is 0.800. The Morgan fingerprint density at radius 2 is 1.14 bits per heavy atom. The molecule has 0 saturated heterocycles. The zero-order valence-corrected chi connectivity index (χ0v) is 9.21. The zero-order valence-electron chi connectivity index (χ0n) is 9.21. The maximum absolute atomic E-state index is 5.51. The van der Waals surface area contributed by atoms with Crippen LogP contribution in [0.3, 0.4) is 0 Å². The largest absolute Gasteiger partial charge is 0.451 e. The van der Waals surface area contributed by atoms with Gasteiger partial charge in [0.2, 0.25) is 0 Å². The first-order valence-electron chi connectivity index (χ1n) is 5.01. The van der Waals surface area contributed by atoms with E-state index in [-0.39, 0.29) is 0 Å². The first-order valence-corrected chi connectivity index (χ1v) is 5.01. The molecular formula is C10H22N2O2+2. The molecule has 4 N–H and O–H groups in total. The van der Waals surface area contributed by atoms with E-state index in [1.165, 1.54) is 0 Å². The summed E-state index contributed by atoms with van der Waals surface area (Å²) in [7, 11) is 3.20. The molecule has 0 bridgehead atoms. The molecule has 0 aromatic carbocycles. The maximum Gasteiger partial charge on any atom is 0.332 e. The van der Waals surface area contributed by atoms with Crippen molar-refractivity contribution in [2.45, 2.75) is 38.5 Å². The quantitative estimate of drug-likeness (QED) is 0.314. The van der Waals surface area contributed by atoms with Gasteiger partial charge in [0.25, 0.3) is 0 Å². The lowest BCUT2D eigenvalue weighted by atomic mass is 10.1. The Morgan fingerprint density at radius 3 is 1.43 bits per heavy atom. The van der Waals surface area contributed by atoms with Crippen molar-refractivity contribution in [3.05, 3.63) is 0 Å². The van der Waals surface area contributed by atoms with Crippen molar-refractivity contribution in [2.24, 2.45) is 0 Å². The summed E-state index contributed by atoms with van der Waals surface area (Å²) in [5, 5.41) is 11.0. The summed E-state index contributed by atoms with van der Waals surface area (Å²) in [6.45, 7) is 0. The molecule has 0 aliphatic heterocycles. The predicted molar refractivity (Wildman–Crippen MR) is 55.6 cm³/mol. The molecule has 0 aliphatic carbocycles. The van der Waals surface area contributed by atoms with E-state index < -0.39 is 0 Å². The Labute approximate surface area is 85.6 Å². The smallest absolute Gasteiger partial charge is 0.332 e. The van der Waals surface area contributed by atoms with Crippen LogP contribution >= 0.6 is 0 Å². The molecule has 82 valence electrons. The molecule has 0 aromatic rings. The van der Waals surface area contributed by atoms with Crippen molar-refractivity contribution in [1.29, 1.82) is 0 Å². The molecule has 0 radical (unpaired) electrons. The SMILES string of the molecule is COC(=[NH2+])CCCCCCC(=[NH2+])OC. The van der Waals surface area contributed by atoms with E-state index in [0.29, 0.717) is 11.8 Å². The molecule has 0 saturated carbocycles.